The summed E-state index contributed by atoms with van der Waals surface area (Å²) in [7, 11) is 0. The molecule has 1 aromatic rings. The highest BCUT2D eigenvalue weighted by Crippen LogP contribution is 2.08. The third kappa shape index (κ3) is 7.92. The van der Waals surface area contributed by atoms with Gasteiger partial charge in [-0.05, 0) is 31.0 Å². The Balaban J connectivity index is 1.88. The van der Waals surface area contributed by atoms with Gasteiger partial charge in [-0.1, -0.05) is 45.6 Å². The summed E-state index contributed by atoms with van der Waals surface area (Å²) in [6.07, 6.45) is 8.62. The van der Waals surface area contributed by atoms with Gasteiger partial charge in [-0.15, -0.1) is 0 Å². The van der Waals surface area contributed by atoms with Crippen LogP contribution in [0.3, 0.4) is 0 Å². The maximum atomic E-state index is 4.28. The third-order valence-corrected chi connectivity index (χ3v) is 2.92. The fourth-order valence-corrected chi connectivity index (χ4v) is 1.88. The summed E-state index contributed by atoms with van der Waals surface area (Å²) >= 11 is 0. The first-order valence-electron chi connectivity index (χ1n) is 6.89. The molecule has 0 amide bonds. The van der Waals surface area contributed by atoms with Crippen LogP contribution in [-0.4, -0.2) is 11.5 Å². The first-order chi connectivity index (χ1) is 8.29. The standard InChI is InChI=1S/C15H26N2/c1-14(2)9-5-3-4-7-11-16-13-15-10-6-8-12-17-15/h6,8,10,12,14,16H,3-5,7,9,11,13H2,1-2H3. The summed E-state index contributed by atoms with van der Waals surface area (Å²) in [4.78, 5) is 4.28. The smallest absolute Gasteiger partial charge is 0.0541 e. The summed E-state index contributed by atoms with van der Waals surface area (Å²) in [5.74, 6) is 0.859. The van der Waals surface area contributed by atoms with Gasteiger partial charge in [0.25, 0.3) is 0 Å². The Hall–Kier alpha value is -0.890. The van der Waals surface area contributed by atoms with E-state index in [1.807, 2.05) is 18.3 Å². The Labute approximate surface area is 106 Å². The Morgan fingerprint density at radius 3 is 2.65 bits per heavy atom. The molecule has 0 bridgehead atoms. The Morgan fingerprint density at radius 1 is 1.12 bits per heavy atom. The molecule has 2 heteroatoms. The van der Waals surface area contributed by atoms with E-state index < -0.39 is 0 Å². The van der Waals surface area contributed by atoms with Crippen molar-refractivity contribution in [1.82, 2.24) is 10.3 Å². The molecule has 0 fully saturated rings. The van der Waals surface area contributed by atoms with Crippen molar-refractivity contribution >= 4 is 0 Å². The van der Waals surface area contributed by atoms with Crippen molar-refractivity contribution in [2.75, 3.05) is 6.54 Å². The van der Waals surface area contributed by atoms with E-state index in [1.54, 1.807) is 0 Å². The minimum absolute atomic E-state index is 0.859. The molecule has 0 atom stereocenters. The van der Waals surface area contributed by atoms with E-state index in [0.29, 0.717) is 0 Å². The molecule has 2 nitrogen and oxygen atoms in total. The molecule has 0 radical (unpaired) electrons. The van der Waals surface area contributed by atoms with Gasteiger partial charge in [0, 0.05) is 12.7 Å². The quantitative estimate of drug-likeness (QED) is 0.658. The van der Waals surface area contributed by atoms with Gasteiger partial charge in [-0.2, -0.15) is 0 Å². The van der Waals surface area contributed by atoms with Crippen LogP contribution < -0.4 is 5.32 Å². The number of aromatic nitrogens is 1. The van der Waals surface area contributed by atoms with Crippen LogP contribution >= 0.6 is 0 Å². The molecule has 0 saturated carbocycles. The average molecular weight is 234 g/mol. The SMILES string of the molecule is CC(C)CCCCCCNCc1ccccn1. The second-order valence-electron chi connectivity index (χ2n) is 5.09. The van der Waals surface area contributed by atoms with E-state index in [2.05, 4.69) is 30.2 Å². The number of nitrogens with one attached hydrogen (secondary N) is 1. The van der Waals surface area contributed by atoms with Gasteiger partial charge in [0.05, 0.1) is 5.69 Å². The number of nitrogens with zero attached hydrogens (tertiary/aromatic N) is 1. The Morgan fingerprint density at radius 2 is 1.94 bits per heavy atom. The zero-order valence-electron chi connectivity index (χ0n) is 11.3. The van der Waals surface area contributed by atoms with Crippen LogP contribution in [-0.2, 0) is 6.54 Å². The molecule has 0 aliphatic heterocycles. The van der Waals surface area contributed by atoms with Crippen molar-refractivity contribution in [2.24, 2.45) is 5.92 Å². The molecule has 17 heavy (non-hydrogen) atoms. The number of rotatable bonds is 9. The zero-order chi connectivity index (χ0) is 12.3. The molecule has 0 unspecified atom stereocenters. The first-order valence-corrected chi connectivity index (χ1v) is 6.89. The molecular formula is C15H26N2. The Kier molecular flexibility index (Phi) is 7.65. The van der Waals surface area contributed by atoms with E-state index in [1.165, 1.54) is 32.1 Å². The van der Waals surface area contributed by atoms with Crippen molar-refractivity contribution in [3.05, 3.63) is 30.1 Å². The predicted molar refractivity (Wildman–Crippen MR) is 73.9 cm³/mol. The van der Waals surface area contributed by atoms with E-state index in [4.69, 9.17) is 0 Å². The molecule has 1 rings (SSSR count). The first kappa shape index (κ1) is 14.2. The van der Waals surface area contributed by atoms with Crippen LogP contribution in [0, 0.1) is 5.92 Å². The molecule has 96 valence electrons. The largest absolute Gasteiger partial charge is 0.311 e. The van der Waals surface area contributed by atoms with Crippen LogP contribution in [0.15, 0.2) is 24.4 Å². The lowest BCUT2D eigenvalue weighted by Crippen LogP contribution is -2.15. The van der Waals surface area contributed by atoms with Gasteiger partial charge < -0.3 is 5.32 Å². The van der Waals surface area contributed by atoms with Gasteiger partial charge in [-0.3, -0.25) is 4.98 Å². The normalized spacial score (nSPS) is 11.0. The predicted octanol–water partition coefficient (Wildman–Crippen LogP) is 3.78. The lowest BCUT2D eigenvalue weighted by Gasteiger charge is -2.05. The molecule has 0 saturated heterocycles. The minimum atomic E-state index is 0.859. The Bertz CT molecular complexity index is 270. The second-order valence-corrected chi connectivity index (χ2v) is 5.09. The van der Waals surface area contributed by atoms with E-state index in [0.717, 1.165) is 24.7 Å². The van der Waals surface area contributed by atoms with Crippen LogP contribution in [0.2, 0.25) is 0 Å². The number of unbranched alkanes of at least 4 members (excludes halogenated alkanes) is 3. The van der Waals surface area contributed by atoms with Crippen molar-refractivity contribution in [3.8, 4) is 0 Å². The maximum Gasteiger partial charge on any atom is 0.0541 e. The topological polar surface area (TPSA) is 24.9 Å². The fourth-order valence-electron chi connectivity index (χ4n) is 1.88. The van der Waals surface area contributed by atoms with Gasteiger partial charge in [0.1, 0.15) is 0 Å². The summed E-state index contributed by atoms with van der Waals surface area (Å²) in [5.41, 5.74) is 1.13. The molecule has 1 heterocycles. The van der Waals surface area contributed by atoms with Crippen molar-refractivity contribution in [3.63, 3.8) is 0 Å². The number of hydrogen-bond donors (Lipinski definition) is 1. The van der Waals surface area contributed by atoms with Crippen LogP contribution in [0.25, 0.3) is 0 Å². The van der Waals surface area contributed by atoms with E-state index in [9.17, 15) is 0 Å². The average Bonchev–Trinajstić information content (AvgIpc) is 2.33. The van der Waals surface area contributed by atoms with Gasteiger partial charge in [0.2, 0.25) is 0 Å². The van der Waals surface area contributed by atoms with Crippen LogP contribution in [0.5, 0.6) is 0 Å². The van der Waals surface area contributed by atoms with Crippen molar-refractivity contribution in [2.45, 2.75) is 52.5 Å². The van der Waals surface area contributed by atoms with Crippen molar-refractivity contribution < 1.29 is 0 Å². The highest BCUT2D eigenvalue weighted by Gasteiger charge is 1.95. The number of hydrogen-bond acceptors (Lipinski definition) is 2. The fraction of sp³-hybridized carbons (Fsp3) is 0.667. The molecule has 1 N–H and O–H groups in total. The molecule has 0 aliphatic rings. The summed E-state index contributed by atoms with van der Waals surface area (Å²) in [5, 5.41) is 3.44. The highest BCUT2D eigenvalue weighted by molar-refractivity contribution is 5.02. The van der Waals surface area contributed by atoms with E-state index in [-0.39, 0.29) is 0 Å². The highest BCUT2D eigenvalue weighted by atomic mass is 14.9. The lowest BCUT2D eigenvalue weighted by atomic mass is 10.0. The summed E-state index contributed by atoms with van der Waals surface area (Å²) in [6, 6.07) is 6.06. The maximum absolute atomic E-state index is 4.28. The molecule has 0 spiro atoms. The molecular weight excluding hydrogens is 208 g/mol. The lowest BCUT2D eigenvalue weighted by molar-refractivity contribution is 0.511. The van der Waals surface area contributed by atoms with Gasteiger partial charge >= 0.3 is 0 Å². The second kappa shape index (κ2) is 9.17. The van der Waals surface area contributed by atoms with Gasteiger partial charge in [-0.25, -0.2) is 0 Å². The number of pyridine rings is 1. The summed E-state index contributed by atoms with van der Waals surface area (Å²) in [6.45, 7) is 6.61. The molecule has 0 aliphatic carbocycles. The molecule has 0 aromatic carbocycles. The third-order valence-electron chi connectivity index (χ3n) is 2.92. The van der Waals surface area contributed by atoms with Crippen molar-refractivity contribution in [1.29, 1.82) is 0 Å². The zero-order valence-corrected chi connectivity index (χ0v) is 11.3. The van der Waals surface area contributed by atoms with E-state index >= 15 is 0 Å². The summed E-state index contributed by atoms with van der Waals surface area (Å²) < 4.78 is 0. The monoisotopic (exact) mass is 234 g/mol. The minimum Gasteiger partial charge on any atom is -0.311 e. The van der Waals surface area contributed by atoms with Crippen LogP contribution in [0.4, 0.5) is 0 Å². The van der Waals surface area contributed by atoms with Gasteiger partial charge in [0.15, 0.2) is 0 Å². The molecule has 1 aromatic heterocycles. The van der Waals surface area contributed by atoms with Crippen LogP contribution in [0.1, 0.15) is 51.6 Å².